The van der Waals surface area contributed by atoms with Crippen LogP contribution in [0.5, 0.6) is 0 Å². The summed E-state index contributed by atoms with van der Waals surface area (Å²) < 4.78 is 2.04. The van der Waals surface area contributed by atoms with Crippen molar-refractivity contribution >= 4 is 43.4 Å². The minimum Gasteiger partial charge on any atom is -0.397 e. The number of anilines is 2. The summed E-state index contributed by atoms with van der Waals surface area (Å²) in [7, 11) is 2.02. The van der Waals surface area contributed by atoms with Crippen molar-refractivity contribution in [2.24, 2.45) is 0 Å². The lowest BCUT2D eigenvalue weighted by Crippen LogP contribution is -2.18. The molecule has 0 spiro atoms. The molecule has 2 aromatic rings. The van der Waals surface area contributed by atoms with Crippen molar-refractivity contribution < 1.29 is 0 Å². The van der Waals surface area contributed by atoms with Crippen molar-refractivity contribution in [3.63, 3.8) is 0 Å². The Hall–Kier alpha value is -1.07. The van der Waals surface area contributed by atoms with Crippen LogP contribution >= 0.6 is 31.9 Å². The summed E-state index contributed by atoms with van der Waals surface area (Å²) in [5.41, 5.74) is 8.80. The van der Waals surface area contributed by atoms with Gasteiger partial charge in [-0.25, -0.2) is 4.98 Å². The molecule has 100 valence electrons. The molecule has 1 aromatic carbocycles. The predicted molar refractivity (Wildman–Crippen MR) is 87.3 cm³/mol. The van der Waals surface area contributed by atoms with Crippen LogP contribution in [-0.2, 0) is 6.54 Å². The average molecular weight is 385 g/mol. The molecular formula is C14H15Br2N3. The number of nitrogen functional groups attached to an aromatic ring is 1. The molecule has 2 N–H and O–H groups in total. The van der Waals surface area contributed by atoms with Crippen molar-refractivity contribution in [2.45, 2.75) is 13.5 Å². The van der Waals surface area contributed by atoms with Gasteiger partial charge in [0.25, 0.3) is 0 Å². The molecule has 0 fully saturated rings. The number of nitrogens with zero attached hydrogens (tertiary/aromatic N) is 2. The normalized spacial score (nSPS) is 10.5. The number of aromatic nitrogens is 1. The highest BCUT2D eigenvalue weighted by Gasteiger charge is 2.11. The van der Waals surface area contributed by atoms with E-state index in [9.17, 15) is 0 Å². The van der Waals surface area contributed by atoms with Gasteiger partial charge in [-0.2, -0.15) is 0 Å². The summed E-state index contributed by atoms with van der Waals surface area (Å²) in [6.07, 6.45) is 1.70. The molecule has 0 saturated carbocycles. The highest BCUT2D eigenvalue weighted by molar-refractivity contribution is 9.11. The van der Waals surface area contributed by atoms with Crippen LogP contribution < -0.4 is 10.6 Å². The van der Waals surface area contributed by atoms with E-state index in [0.29, 0.717) is 5.69 Å². The van der Waals surface area contributed by atoms with Gasteiger partial charge in [-0.15, -0.1) is 0 Å². The van der Waals surface area contributed by atoms with Crippen molar-refractivity contribution in [2.75, 3.05) is 17.7 Å². The van der Waals surface area contributed by atoms with Gasteiger partial charge in [-0.3, -0.25) is 0 Å². The largest absolute Gasteiger partial charge is 0.397 e. The Balaban J connectivity index is 2.23. The van der Waals surface area contributed by atoms with Crippen LogP contribution in [0.1, 0.15) is 11.1 Å². The van der Waals surface area contributed by atoms with E-state index in [1.807, 2.05) is 26.1 Å². The third-order valence-electron chi connectivity index (χ3n) is 2.98. The smallest absolute Gasteiger partial charge is 0.143 e. The lowest BCUT2D eigenvalue weighted by molar-refractivity contribution is 0.892. The molecule has 0 saturated heterocycles. The fourth-order valence-corrected chi connectivity index (χ4v) is 2.68. The second-order valence-electron chi connectivity index (χ2n) is 4.46. The molecule has 1 aromatic heterocycles. The van der Waals surface area contributed by atoms with Gasteiger partial charge in [0.15, 0.2) is 0 Å². The zero-order valence-corrected chi connectivity index (χ0v) is 14.0. The minimum atomic E-state index is 0.702. The Bertz CT molecular complexity index is 582. The molecule has 0 aliphatic heterocycles. The van der Waals surface area contributed by atoms with Gasteiger partial charge in [0.2, 0.25) is 0 Å². The molecule has 0 aliphatic rings. The van der Waals surface area contributed by atoms with Crippen LogP contribution in [-0.4, -0.2) is 12.0 Å². The maximum Gasteiger partial charge on any atom is 0.143 e. The zero-order valence-electron chi connectivity index (χ0n) is 10.8. The first-order valence-electron chi connectivity index (χ1n) is 5.85. The number of hydrogen-bond acceptors (Lipinski definition) is 3. The quantitative estimate of drug-likeness (QED) is 0.864. The Morgan fingerprint density at radius 2 is 1.84 bits per heavy atom. The van der Waals surface area contributed by atoms with Gasteiger partial charge in [0, 0.05) is 18.1 Å². The van der Waals surface area contributed by atoms with Crippen molar-refractivity contribution in [1.29, 1.82) is 0 Å². The Labute approximate surface area is 130 Å². The summed E-state index contributed by atoms with van der Waals surface area (Å²) in [4.78, 5) is 6.49. The number of rotatable bonds is 3. The van der Waals surface area contributed by atoms with E-state index in [4.69, 9.17) is 5.73 Å². The molecule has 2 rings (SSSR count). The first-order valence-corrected chi connectivity index (χ1v) is 7.44. The Morgan fingerprint density at radius 1 is 1.21 bits per heavy atom. The molecule has 3 nitrogen and oxygen atoms in total. The third-order valence-corrected chi connectivity index (χ3v) is 4.46. The van der Waals surface area contributed by atoms with E-state index in [-0.39, 0.29) is 0 Å². The van der Waals surface area contributed by atoms with Crippen LogP contribution in [0.4, 0.5) is 11.5 Å². The van der Waals surface area contributed by atoms with E-state index < -0.39 is 0 Å². The fourth-order valence-electron chi connectivity index (χ4n) is 1.78. The first-order chi connectivity index (χ1) is 8.99. The lowest BCUT2D eigenvalue weighted by atomic mass is 10.2. The van der Waals surface area contributed by atoms with E-state index in [1.54, 1.807) is 6.20 Å². The van der Waals surface area contributed by atoms with Gasteiger partial charge < -0.3 is 10.6 Å². The molecule has 5 heteroatoms. The number of benzene rings is 1. The van der Waals surface area contributed by atoms with E-state index >= 15 is 0 Å². The standard InChI is InChI=1S/C14H15Br2N3/c1-9-12(17)7-18-14(13(9)16)19(2)8-10-3-5-11(15)6-4-10/h3-7H,8,17H2,1-2H3. The molecule has 0 atom stereocenters. The van der Waals surface area contributed by atoms with Crippen LogP contribution in [0, 0.1) is 6.92 Å². The summed E-state index contributed by atoms with van der Waals surface area (Å²) in [5, 5.41) is 0. The van der Waals surface area contributed by atoms with Crippen LogP contribution in [0.15, 0.2) is 39.4 Å². The van der Waals surface area contributed by atoms with Gasteiger partial charge >= 0.3 is 0 Å². The number of nitrogens with two attached hydrogens (primary N) is 1. The highest BCUT2D eigenvalue weighted by Crippen LogP contribution is 2.30. The summed E-state index contributed by atoms with van der Waals surface area (Å²) in [6.45, 7) is 2.78. The van der Waals surface area contributed by atoms with Crippen LogP contribution in [0.2, 0.25) is 0 Å². The van der Waals surface area contributed by atoms with Gasteiger partial charge in [0.05, 0.1) is 16.4 Å². The van der Waals surface area contributed by atoms with Gasteiger partial charge in [-0.05, 0) is 46.1 Å². The molecule has 0 aliphatic carbocycles. The van der Waals surface area contributed by atoms with Crippen molar-refractivity contribution in [1.82, 2.24) is 4.98 Å². The minimum absolute atomic E-state index is 0.702. The molecule has 0 unspecified atom stereocenters. The second kappa shape index (κ2) is 5.92. The Morgan fingerprint density at radius 3 is 2.47 bits per heavy atom. The molecule has 0 radical (unpaired) electrons. The maximum absolute atomic E-state index is 5.84. The van der Waals surface area contributed by atoms with Gasteiger partial charge in [0.1, 0.15) is 5.82 Å². The summed E-state index contributed by atoms with van der Waals surface area (Å²) in [5.74, 6) is 0.898. The molecule has 0 bridgehead atoms. The Kier molecular flexibility index (Phi) is 4.47. The van der Waals surface area contributed by atoms with Crippen LogP contribution in [0.3, 0.4) is 0 Å². The van der Waals surface area contributed by atoms with E-state index in [0.717, 1.165) is 26.9 Å². The molecular weight excluding hydrogens is 370 g/mol. The topological polar surface area (TPSA) is 42.1 Å². The van der Waals surface area contributed by atoms with Gasteiger partial charge in [-0.1, -0.05) is 28.1 Å². The lowest BCUT2D eigenvalue weighted by Gasteiger charge is -2.21. The van der Waals surface area contributed by atoms with Crippen molar-refractivity contribution in [3.05, 3.63) is 50.5 Å². The molecule has 0 amide bonds. The highest BCUT2D eigenvalue weighted by atomic mass is 79.9. The fraction of sp³-hybridized carbons (Fsp3) is 0.214. The third kappa shape index (κ3) is 3.28. The molecule has 19 heavy (non-hydrogen) atoms. The second-order valence-corrected chi connectivity index (χ2v) is 6.17. The predicted octanol–water partition coefficient (Wildman–Crippen LogP) is 4.13. The zero-order chi connectivity index (χ0) is 14.0. The van der Waals surface area contributed by atoms with Crippen molar-refractivity contribution in [3.8, 4) is 0 Å². The summed E-state index contributed by atoms with van der Waals surface area (Å²) in [6, 6.07) is 8.27. The first kappa shape index (κ1) is 14.3. The van der Waals surface area contributed by atoms with E-state index in [2.05, 4.69) is 53.9 Å². The monoisotopic (exact) mass is 383 g/mol. The summed E-state index contributed by atoms with van der Waals surface area (Å²) >= 11 is 7.00. The van der Waals surface area contributed by atoms with E-state index in [1.165, 1.54) is 5.56 Å². The number of hydrogen-bond donors (Lipinski definition) is 1. The molecule has 1 heterocycles. The number of halogens is 2. The number of pyridine rings is 1. The SMILES string of the molecule is Cc1c(N)cnc(N(C)Cc2ccc(Br)cc2)c1Br. The average Bonchev–Trinajstić information content (AvgIpc) is 2.39. The van der Waals surface area contributed by atoms with Crippen LogP contribution in [0.25, 0.3) is 0 Å². The maximum atomic E-state index is 5.84.